The lowest BCUT2D eigenvalue weighted by atomic mass is 10.2. The minimum absolute atomic E-state index is 0.287. The number of alkyl halides is 3. The molecule has 0 bridgehead atoms. The van der Waals surface area contributed by atoms with Gasteiger partial charge in [0.05, 0.1) is 24.2 Å². The summed E-state index contributed by atoms with van der Waals surface area (Å²) in [5.41, 5.74) is -0.611. The SMILES string of the molecule is CCOP(OCC)c1ccccc1Nc1nc(Cl)ncc1C(F)(F)F. The van der Waals surface area contributed by atoms with Crippen LogP contribution in [-0.4, -0.2) is 23.2 Å². The van der Waals surface area contributed by atoms with Gasteiger partial charge in [0.2, 0.25) is 13.7 Å². The fourth-order valence-electron chi connectivity index (χ4n) is 1.94. The second kappa shape index (κ2) is 8.76. The summed E-state index contributed by atoms with van der Waals surface area (Å²) in [4.78, 5) is 7.09. The van der Waals surface area contributed by atoms with Crippen LogP contribution in [-0.2, 0) is 15.2 Å². The Balaban J connectivity index is 2.43. The van der Waals surface area contributed by atoms with Gasteiger partial charge in [-0.1, -0.05) is 12.1 Å². The zero-order chi connectivity index (χ0) is 18.4. The Kier molecular flexibility index (Phi) is 6.95. The summed E-state index contributed by atoms with van der Waals surface area (Å²) < 4.78 is 50.7. The van der Waals surface area contributed by atoms with Crippen LogP contribution in [0.1, 0.15) is 19.4 Å². The van der Waals surface area contributed by atoms with Crippen LogP contribution in [0.5, 0.6) is 0 Å². The maximum Gasteiger partial charge on any atom is 0.421 e. The van der Waals surface area contributed by atoms with E-state index >= 15 is 0 Å². The number of anilines is 2. The molecule has 1 heterocycles. The zero-order valence-corrected chi connectivity index (χ0v) is 15.1. The second-order valence-corrected chi connectivity index (χ2v) is 6.48. The van der Waals surface area contributed by atoms with Gasteiger partial charge in [-0.25, -0.2) is 4.98 Å². The van der Waals surface area contributed by atoms with Crippen molar-refractivity contribution in [1.29, 1.82) is 0 Å². The zero-order valence-electron chi connectivity index (χ0n) is 13.5. The first-order valence-corrected chi connectivity index (χ1v) is 8.94. The van der Waals surface area contributed by atoms with Crippen molar-refractivity contribution < 1.29 is 22.2 Å². The predicted molar refractivity (Wildman–Crippen MR) is 91.6 cm³/mol. The van der Waals surface area contributed by atoms with Crippen LogP contribution in [0.3, 0.4) is 0 Å². The Bertz CT molecular complexity index is 713. The molecule has 0 radical (unpaired) electrons. The van der Waals surface area contributed by atoms with Gasteiger partial charge in [0.1, 0.15) is 11.4 Å². The van der Waals surface area contributed by atoms with Crippen molar-refractivity contribution in [2.24, 2.45) is 0 Å². The van der Waals surface area contributed by atoms with E-state index in [1.807, 2.05) is 13.8 Å². The number of para-hydroxylation sites is 1. The predicted octanol–water partition coefficient (Wildman–Crippen LogP) is 4.90. The highest BCUT2D eigenvalue weighted by Gasteiger charge is 2.35. The van der Waals surface area contributed by atoms with Crippen molar-refractivity contribution in [3.05, 3.63) is 41.3 Å². The lowest BCUT2D eigenvalue weighted by Gasteiger charge is -2.20. The molecule has 2 rings (SSSR count). The van der Waals surface area contributed by atoms with E-state index in [4.69, 9.17) is 20.6 Å². The van der Waals surface area contributed by atoms with E-state index in [0.717, 1.165) is 0 Å². The molecule has 1 aromatic carbocycles. The highest BCUT2D eigenvalue weighted by atomic mass is 35.5. The lowest BCUT2D eigenvalue weighted by molar-refractivity contribution is -0.137. The van der Waals surface area contributed by atoms with Crippen molar-refractivity contribution in [3.63, 3.8) is 0 Å². The van der Waals surface area contributed by atoms with Crippen LogP contribution in [0.25, 0.3) is 0 Å². The number of aromatic nitrogens is 2. The summed E-state index contributed by atoms with van der Waals surface area (Å²) in [6.45, 7) is 4.45. The first-order chi connectivity index (χ1) is 11.9. The van der Waals surface area contributed by atoms with Gasteiger partial charge in [-0.15, -0.1) is 0 Å². The molecule has 0 saturated carbocycles. The van der Waals surface area contributed by atoms with Crippen molar-refractivity contribution >= 4 is 36.8 Å². The van der Waals surface area contributed by atoms with E-state index in [9.17, 15) is 13.2 Å². The third kappa shape index (κ3) is 5.25. The number of nitrogens with one attached hydrogen (secondary N) is 1. The van der Waals surface area contributed by atoms with Gasteiger partial charge in [0.15, 0.2) is 0 Å². The van der Waals surface area contributed by atoms with E-state index in [-0.39, 0.29) is 5.28 Å². The van der Waals surface area contributed by atoms with E-state index in [1.165, 1.54) is 0 Å². The summed E-state index contributed by atoms with van der Waals surface area (Å²) in [7, 11) is -1.44. The lowest BCUT2D eigenvalue weighted by Crippen LogP contribution is -2.15. The molecule has 10 heteroatoms. The maximum atomic E-state index is 13.2. The van der Waals surface area contributed by atoms with Crippen molar-refractivity contribution in [2.75, 3.05) is 18.5 Å². The van der Waals surface area contributed by atoms with Crippen molar-refractivity contribution in [3.8, 4) is 0 Å². The molecule has 2 aromatic rings. The average Bonchev–Trinajstić information content (AvgIpc) is 2.54. The molecule has 136 valence electrons. The molecule has 5 nitrogen and oxygen atoms in total. The van der Waals surface area contributed by atoms with Gasteiger partial charge in [-0.05, 0) is 37.6 Å². The summed E-state index contributed by atoms with van der Waals surface area (Å²) in [5.74, 6) is -0.428. The largest absolute Gasteiger partial charge is 0.421 e. The Hall–Kier alpha value is -1.47. The third-order valence-electron chi connectivity index (χ3n) is 2.91. The molecule has 0 fully saturated rings. The van der Waals surface area contributed by atoms with Gasteiger partial charge in [0.25, 0.3) is 0 Å². The van der Waals surface area contributed by atoms with E-state index in [0.29, 0.717) is 30.4 Å². The Morgan fingerprint density at radius 3 is 2.40 bits per heavy atom. The average molecular weight is 394 g/mol. The molecule has 0 saturated heterocycles. The molecule has 0 amide bonds. The Labute approximate surface area is 149 Å². The molecule has 0 spiro atoms. The minimum Gasteiger partial charge on any atom is -0.339 e. The molecular formula is C15H16ClF3N3O2P. The molecule has 0 atom stereocenters. The number of nitrogens with zero attached hydrogens (tertiary/aromatic N) is 2. The first kappa shape index (κ1) is 19.8. The molecule has 0 unspecified atom stereocenters. The summed E-state index contributed by atoms with van der Waals surface area (Å²) >= 11 is 5.66. The van der Waals surface area contributed by atoms with Crippen LogP contribution >= 0.6 is 20.0 Å². The van der Waals surface area contributed by atoms with Gasteiger partial charge in [-0.3, -0.25) is 0 Å². The molecule has 0 aliphatic heterocycles. The summed E-state index contributed by atoms with van der Waals surface area (Å²) in [6.07, 6.45) is -3.97. The van der Waals surface area contributed by atoms with E-state index in [1.54, 1.807) is 24.3 Å². The summed E-state index contributed by atoms with van der Waals surface area (Å²) in [5, 5.41) is 3.01. The monoisotopic (exact) mass is 393 g/mol. The molecule has 1 aromatic heterocycles. The van der Waals surface area contributed by atoms with Crippen LogP contribution in [0.2, 0.25) is 5.28 Å². The van der Waals surface area contributed by atoms with Crippen molar-refractivity contribution in [1.82, 2.24) is 9.97 Å². The van der Waals surface area contributed by atoms with Gasteiger partial charge >= 0.3 is 6.18 Å². The summed E-state index contributed by atoms with van der Waals surface area (Å²) in [6, 6.07) is 6.80. The van der Waals surface area contributed by atoms with Gasteiger partial charge in [0, 0.05) is 6.20 Å². The minimum atomic E-state index is -4.62. The number of hydrogen-bond donors (Lipinski definition) is 1. The van der Waals surface area contributed by atoms with Gasteiger partial charge in [-0.2, -0.15) is 18.2 Å². The third-order valence-corrected chi connectivity index (χ3v) is 4.86. The number of halogens is 4. The van der Waals surface area contributed by atoms with E-state index < -0.39 is 25.9 Å². The smallest absolute Gasteiger partial charge is 0.339 e. The Morgan fingerprint density at radius 1 is 1.16 bits per heavy atom. The fraction of sp³-hybridized carbons (Fsp3) is 0.333. The topological polar surface area (TPSA) is 56.3 Å². The van der Waals surface area contributed by atoms with E-state index in [2.05, 4.69) is 15.3 Å². The number of rotatable bonds is 7. The normalized spacial score (nSPS) is 11.8. The fourth-order valence-corrected chi connectivity index (χ4v) is 3.43. The molecule has 0 aliphatic carbocycles. The maximum absolute atomic E-state index is 13.2. The van der Waals surface area contributed by atoms with Crippen LogP contribution in [0, 0.1) is 0 Å². The molecule has 1 N–H and O–H groups in total. The van der Waals surface area contributed by atoms with Crippen LogP contribution < -0.4 is 10.6 Å². The number of benzene rings is 1. The highest BCUT2D eigenvalue weighted by Crippen LogP contribution is 2.41. The standard InChI is InChI=1S/C15H16ClF3N3O2P/c1-3-23-25(24-4-2)12-8-6-5-7-11(12)21-13-10(15(17,18)19)9-20-14(16)22-13/h5-9H,3-4H2,1-2H3,(H,20,21,22). The molecular weight excluding hydrogens is 378 g/mol. The Morgan fingerprint density at radius 2 is 1.80 bits per heavy atom. The highest BCUT2D eigenvalue weighted by molar-refractivity contribution is 7.56. The van der Waals surface area contributed by atoms with Crippen LogP contribution in [0.4, 0.5) is 24.7 Å². The molecule has 25 heavy (non-hydrogen) atoms. The number of hydrogen-bond acceptors (Lipinski definition) is 5. The van der Waals surface area contributed by atoms with Gasteiger partial charge < -0.3 is 14.4 Å². The molecule has 0 aliphatic rings. The second-order valence-electron chi connectivity index (χ2n) is 4.63. The van der Waals surface area contributed by atoms with Crippen LogP contribution in [0.15, 0.2) is 30.5 Å². The quantitative estimate of drug-likeness (QED) is 0.535. The first-order valence-electron chi connectivity index (χ1n) is 7.38. The van der Waals surface area contributed by atoms with Crippen molar-refractivity contribution in [2.45, 2.75) is 20.0 Å².